The summed E-state index contributed by atoms with van der Waals surface area (Å²) in [6.45, 7) is 7.30. The van der Waals surface area contributed by atoms with Gasteiger partial charge in [-0.25, -0.2) is 0 Å². The van der Waals surface area contributed by atoms with E-state index in [0.717, 1.165) is 26.1 Å². The third kappa shape index (κ3) is 2.38. The van der Waals surface area contributed by atoms with Crippen molar-refractivity contribution in [1.29, 1.82) is 0 Å². The molecule has 0 amide bonds. The van der Waals surface area contributed by atoms with Gasteiger partial charge in [-0.2, -0.15) is 0 Å². The first kappa shape index (κ1) is 9.33. The van der Waals surface area contributed by atoms with Crippen LogP contribution < -0.4 is 10.6 Å². The molecule has 0 saturated heterocycles. The molecule has 12 heavy (non-hydrogen) atoms. The Kier molecular flexibility index (Phi) is 3.88. The molecule has 0 aromatic rings. The maximum atomic E-state index is 3.36. The van der Waals surface area contributed by atoms with Gasteiger partial charge in [0, 0.05) is 18.8 Å². The average Bonchev–Trinajstić information content (AvgIpc) is 2.50. The zero-order chi connectivity index (χ0) is 8.81. The molecular weight excluding hydrogens is 148 g/mol. The molecule has 1 aliphatic rings. The molecule has 0 fully saturated rings. The van der Waals surface area contributed by atoms with Crippen LogP contribution in [0.2, 0.25) is 0 Å². The number of hydrogen-bond donors (Lipinski definition) is 2. The quantitative estimate of drug-likeness (QED) is 0.645. The average molecular weight is 166 g/mol. The predicted molar refractivity (Wildman–Crippen MR) is 53.0 cm³/mol. The molecule has 2 nitrogen and oxygen atoms in total. The summed E-state index contributed by atoms with van der Waals surface area (Å²) in [6.07, 6.45) is 5.61. The van der Waals surface area contributed by atoms with Crippen LogP contribution in [-0.2, 0) is 0 Å². The van der Waals surface area contributed by atoms with Crippen molar-refractivity contribution < 1.29 is 0 Å². The molecule has 1 rings (SSSR count). The smallest absolute Gasteiger partial charge is 0.0345 e. The molecule has 0 aromatic heterocycles. The number of allylic oxidation sites excluding steroid dienone is 2. The van der Waals surface area contributed by atoms with E-state index in [-0.39, 0.29) is 0 Å². The van der Waals surface area contributed by atoms with E-state index < -0.39 is 0 Å². The Morgan fingerprint density at radius 1 is 1.25 bits per heavy atom. The number of likely N-dealkylation sites (N-methyl/N-ethyl adjacent to an activating group) is 2. The first-order valence-electron chi connectivity index (χ1n) is 4.72. The van der Waals surface area contributed by atoms with Crippen LogP contribution in [0.5, 0.6) is 0 Å². The van der Waals surface area contributed by atoms with E-state index in [1.807, 2.05) is 0 Å². The molecule has 0 spiro atoms. The zero-order valence-electron chi connectivity index (χ0n) is 7.98. The Hall–Kier alpha value is -0.760. The van der Waals surface area contributed by atoms with E-state index in [4.69, 9.17) is 0 Å². The van der Waals surface area contributed by atoms with Crippen molar-refractivity contribution in [1.82, 2.24) is 10.6 Å². The van der Waals surface area contributed by atoms with Crippen LogP contribution in [0.15, 0.2) is 23.4 Å². The number of nitrogens with one attached hydrogen (secondary N) is 2. The molecular formula is C10H18N2. The Morgan fingerprint density at radius 2 is 2.08 bits per heavy atom. The summed E-state index contributed by atoms with van der Waals surface area (Å²) in [6, 6.07) is 0. The molecule has 0 aliphatic heterocycles. The fourth-order valence-electron chi connectivity index (χ4n) is 1.36. The third-order valence-electron chi connectivity index (χ3n) is 1.96. The molecule has 0 radical (unpaired) electrons. The van der Waals surface area contributed by atoms with Crippen molar-refractivity contribution in [3.8, 4) is 0 Å². The highest BCUT2D eigenvalue weighted by atomic mass is 14.9. The van der Waals surface area contributed by atoms with Crippen molar-refractivity contribution in [2.24, 2.45) is 0 Å². The lowest BCUT2D eigenvalue weighted by atomic mass is 10.2. The van der Waals surface area contributed by atoms with Gasteiger partial charge in [-0.1, -0.05) is 19.1 Å². The van der Waals surface area contributed by atoms with Gasteiger partial charge in [0.25, 0.3) is 0 Å². The van der Waals surface area contributed by atoms with Gasteiger partial charge in [-0.15, -0.1) is 0 Å². The summed E-state index contributed by atoms with van der Waals surface area (Å²) in [7, 11) is 0. The van der Waals surface area contributed by atoms with Crippen LogP contribution in [0.3, 0.4) is 0 Å². The summed E-state index contributed by atoms with van der Waals surface area (Å²) in [5, 5.41) is 6.69. The summed E-state index contributed by atoms with van der Waals surface area (Å²) in [5.41, 5.74) is 2.73. The minimum Gasteiger partial charge on any atom is -0.385 e. The maximum absolute atomic E-state index is 3.36. The topological polar surface area (TPSA) is 24.1 Å². The van der Waals surface area contributed by atoms with E-state index in [9.17, 15) is 0 Å². The summed E-state index contributed by atoms with van der Waals surface area (Å²) in [5.74, 6) is 0. The van der Waals surface area contributed by atoms with E-state index >= 15 is 0 Å². The normalized spacial score (nSPS) is 15.8. The molecule has 68 valence electrons. The highest BCUT2D eigenvalue weighted by molar-refractivity contribution is 5.36. The molecule has 2 heteroatoms. The van der Waals surface area contributed by atoms with Gasteiger partial charge in [0.15, 0.2) is 0 Å². The molecule has 0 atom stereocenters. The second kappa shape index (κ2) is 4.99. The lowest BCUT2D eigenvalue weighted by molar-refractivity contribution is 0.760. The Balaban J connectivity index is 2.38. The van der Waals surface area contributed by atoms with Crippen LogP contribution in [0.4, 0.5) is 0 Å². The summed E-state index contributed by atoms with van der Waals surface area (Å²) in [4.78, 5) is 0. The fraction of sp³-hybridized carbons (Fsp3) is 0.600. The van der Waals surface area contributed by atoms with Gasteiger partial charge in [-0.05, 0) is 25.5 Å². The summed E-state index contributed by atoms with van der Waals surface area (Å²) >= 11 is 0. The standard InChI is InChI=1S/C10H18N2/c1-3-11-8-9-6-5-7-10(9)12-4-2/h6-7,11-12H,3-5,8H2,1-2H3. The highest BCUT2D eigenvalue weighted by Gasteiger charge is 2.07. The Labute approximate surface area is 74.7 Å². The predicted octanol–water partition coefficient (Wildman–Crippen LogP) is 1.42. The van der Waals surface area contributed by atoms with E-state index in [1.165, 1.54) is 11.3 Å². The lowest BCUT2D eigenvalue weighted by Crippen LogP contribution is -2.21. The van der Waals surface area contributed by atoms with Crippen molar-refractivity contribution >= 4 is 0 Å². The maximum Gasteiger partial charge on any atom is 0.0345 e. The van der Waals surface area contributed by atoms with Crippen LogP contribution >= 0.6 is 0 Å². The third-order valence-corrected chi connectivity index (χ3v) is 1.96. The molecule has 0 bridgehead atoms. The van der Waals surface area contributed by atoms with Crippen LogP contribution in [-0.4, -0.2) is 19.6 Å². The molecule has 2 N–H and O–H groups in total. The van der Waals surface area contributed by atoms with E-state index in [1.54, 1.807) is 0 Å². The van der Waals surface area contributed by atoms with Crippen LogP contribution in [0.1, 0.15) is 20.3 Å². The number of rotatable bonds is 5. The second-order valence-corrected chi connectivity index (χ2v) is 2.89. The van der Waals surface area contributed by atoms with E-state index in [2.05, 4.69) is 36.6 Å². The second-order valence-electron chi connectivity index (χ2n) is 2.89. The monoisotopic (exact) mass is 166 g/mol. The molecule has 1 aliphatic carbocycles. The van der Waals surface area contributed by atoms with Gasteiger partial charge in [0.2, 0.25) is 0 Å². The minimum atomic E-state index is 0.995. The molecule has 0 aromatic carbocycles. The van der Waals surface area contributed by atoms with Gasteiger partial charge >= 0.3 is 0 Å². The van der Waals surface area contributed by atoms with Crippen molar-refractivity contribution in [3.63, 3.8) is 0 Å². The van der Waals surface area contributed by atoms with Crippen molar-refractivity contribution in [3.05, 3.63) is 23.4 Å². The van der Waals surface area contributed by atoms with Crippen LogP contribution in [0, 0.1) is 0 Å². The molecule has 0 heterocycles. The molecule has 0 saturated carbocycles. The minimum absolute atomic E-state index is 0.995. The summed E-state index contributed by atoms with van der Waals surface area (Å²) < 4.78 is 0. The first-order valence-corrected chi connectivity index (χ1v) is 4.72. The van der Waals surface area contributed by atoms with Crippen molar-refractivity contribution in [2.45, 2.75) is 20.3 Å². The zero-order valence-corrected chi connectivity index (χ0v) is 7.98. The number of hydrogen-bond acceptors (Lipinski definition) is 2. The van der Waals surface area contributed by atoms with Gasteiger partial charge in [0.1, 0.15) is 0 Å². The SMILES string of the molecule is CCNCC1=CCC=C1NCC. The van der Waals surface area contributed by atoms with Gasteiger partial charge in [0.05, 0.1) is 0 Å². The van der Waals surface area contributed by atoms with E-state index in [0.29, 0.717) is 0 Å². The van der Waals surface area contributed by atoms with Gasteiger partial charge in [-0.3, -0.25) is 0 Å². The van der Waals surface area contributed by atoms with Crippen molar-refractivity contribution in [2.75, 3.05) is 19.6 Å². The largest absolute Gasteiger partial charge is 0.385 e. The lowest BCUT2D eigenvalue weighted by Gasteiger charge is -2.09. The van der Waals surface area contributed by atoms with Gasteiger partial charge < -0.3 is 10.6 Å². The Bertz CT molecular complexity index is 192. The highest BCUT2D eigenvalue weighted by Crippen LogP contribution is 2.15. The fourth-order valence-corrected chi connectivity index (χ4v) is 1.36. The molecule has 0 unspecified atom stereocenters. The first-order chi connectivity index (χ1) is 5.88. The Morgan fingerprint density at radius 3 is 2.75 bits per heavy atom. The van der Waals surface area contributed by atoms with Crippen LogP contribution in [0.25, 0.3) is 0 Å².